The van der Waals surface area contributed by atoms with Gasteiger partial charge in [0.2, 0.25) is 11.8 Å². The van der Waals surface area contributed by atoms with Gasteiger partial charge in [0.05, 0.1) is 17.7 Å². The molecule has 2 rings (SSSR count). The summed E-state index contributed by atoms with van der Waals surface area (Å²) in [6.07, 6.45) is 3.94. The first-order valence-corrected chi connectivity index (χ1v) is 7.19. The second kappa shape index (κ2) is 8.34. The van der Waals surface area contributed by atoms with Gasteiger partial charge in [-0.1, -0.05) is 11.6 Å². The number of carbonyl (C=O) groups excluding carboxylic acids is 1. The van der Waals surface area contributed by atoms with Crippen LogP contribution in [0.25, 0.3) is 0 Å². The molecule has 128 valence electrons. The fourth-order valence-corrected chi connectivity index (χ4v) is 1.94. The summed E-state index contributed by atoms with van der Waals surface area (Å²) in [5.74, 6) is -0.581. The topological polar surface area (TPSA) is 86.2 Å². The molecule has 24 heavy (non-hydrogen) atoms. The molecule has 1 N–H and O–H groups in total. The van der Waals surface area contributed by atoms with E-state index in [2.05, 4.69) is 25.0 Å². The van der Waals surface area contributed by atoms with Crippen molar-refractivity contribution in [2.24, 2.45) is 0 Å². The minimum Gasteiger partial charge on any atom is -0.478 e. The van der Waals surface area contributed by atoms with Crippen LogP contribution in [0.4, 0.5) is 8.78 Å². The molecule has 10 heteroatoms. The third-order valence-electron chi connectivity index (χ3n) is 2.74. The average Bonchev–Trinajstić information content (AvgIpc) is 2.55. The Morgan fingerprint density at radius 1 is 1.33 bits per heavy atom. The number of hydrogen-bond donors (Lipinski definition) is 1. The van der Waals surface area contributed by atoms with E-state index in [1.54, 1.807) is 6.92 Å². The van der Waals surface area contributed by atoms with Crippen LogP contribution in [-0.2, 0) is 6.54 Å². The number of hydrogen-bond acceptors (Lipinski definition) is 6. The lowest BCUT2D eigenvalue weighted by atomic mass is 10.2. The summed E-state index contributed by atoms with van der Waals surface area (Å²) < 4.78 is 33.7. The number of rotatable bonds is 7. The molecule has 0 atom stereocenters. The highest BCUT2D eigenvalue weighted by Crippen LogP contribution is 2.24. The number of pyridine rings is 1. The molecule has 0 fully saturated rings. The Hall–Kier alpha value is -2.55. The number of carbonyl (C=O) groups is 1. The third kappa shape index (κ3) is 4.72. The maximum Gasteiger partial charge on any atom is 0.388 e. The standard InChI is InChI=1S/C14H13ClF2N4O3/c1-2-23-12-9(4-18-7-21-12)6-19-11(22)8-3-10(15)13(20-5-8)24-14(16)17/h3-5,7,14H,2,6H2,1H3,(H,19,22). The Morgan fingerprint density at radius 2 is 2.12 bits per heavy atom. The lowest BCUT2D eigenvalue weighted by Gasteiger charge is -2.10. The number of aromatic nitrogens is 3. The van der Waals surface area contributed by atoms with Crippen LogP contribution in [-0.4, -0.2) is 34.1 Å². The van der Waals surface area contributed by atoms with Gasteiger partial charge in [-0.3, -0.25) is 4.79 Å². The molecule has 2 aromatic rings. The van der Waals surface area contributed by atoms with Crippen LogP contribution in [0.15, 0.2) is 24.8 Å². The second-order valence-electron chi connectivity index (χ2n) is 4.36. The third-order valence-corrected chi connectivity index (χ3v) is 3.01. The molecule has 0 unspecified atom stereocenters. The van der Waals surface area contributed by atoms with E-state index >= 15 is 0 Å². The van der Waals surface area contributed by atoms with Crippen molar-refractivity contribution in [1.29, 1.82) is 0 Å². The molecule has 0 aromatic carbocycles. The lowest BCUT2D eigenvalue weighted by molar-refractivity contribution is -0.0527. The van der Waals surface area contributed by atoms with Crippen molar-refractivity contribution < 1.29 is 23.0 Å². The number of nitrogens with zero attached hydrogens (tertiary/aromatic N) is 3. The molecule has 0 spiro atoms. The van der Waals surface area contributed by atoms with Crippen molar-refractivity contribution >= 4 is 17.5 Å². The van der Waals surface area contributed by atoms with Crippen molar-refractivity contribution in [3.8, 4) is 11.8 Å². The highest BCUT2D eigenvalue weighted by molar-refractivity contribution is 6.32. The van der Waals surface area contributed by atoms with Gasteiger partial charge in [0, 0.05) is 18.9 Å². The van der Waals surface area contributed by atoms with Gasteiger partial charge in [0.25, 0.3) is 5.91 Å². The van der Waals surface area contributed by atoms with E-state index in [-0.39, 0.29) is 17.1 Å². The van der Waals surface area contributed by atoms with Crippen molar-refractivity contribution in [1.82, 2.24) is 20.3 Å². The van der Waals surface area contributed by atoms with E-state index < -0.39 is 18.4 Å². The molecular weight excluding hydrogens is 346 g/mol. The molecule has 0 saturated heterocycles. The van der Waals surface area contributed by atoms with Gasteiger partial charge in [0.15, 0.2) is 0 Å². The molecule has 2 heterocycles. The Bertz CT molecular complexity index is 718. The Kier molecular flexibility index (Phi) is 6.19. The van der Waals surface area contributed by atoms with Crippen molar-refractivity contribution in [3.05, 3.63) is 40.9 Å². The predicted octanol–water partition coefficient (Wildman–Crippen LogP) is 2.46. The number of alkyl halides is 2. The molecular formula is C14H13ClF2N4O3. The maximum atomic E-state index is 12.1. The minimum absolute atomic E-state index is 0.0939. The second-order valence-corrected chi connectivity index (χ2v) is 4.77. The molecule has 0 aliphatic rings. The van der Waals surface area contributed by atoms with E-state index in [4.69, 9.17) is 16.3 Å². The summed E-state index contributed by atoms with van der Waals surface area (Å²) in [5.41, 5.74) is 0.681. The van der Waals surface area contributed by atoms with Crippen LogP contribution < -0.4 is 14.8 Å². The Labute approximate surface area is 141 Å². The number of ether oxygens (including phenoxy) is 2. The summed E-state index contributed by atoms with van der Waals surface area (Å²) in [7, 11) is 0. The van der Waals surface area contributed by atoms with Gasteiger partial charge in [-0.15, -0.1) is 0 Å². The summed E-state index contributed by atoms with van der Waals surface area (Å²) in [5, 5.41) is 2.42. The molecule has 1 amide bonds. The van der Waals surface area contributed by atoms with Gasteiger partial charge in [0.1, 0.15) is 11.3 Å². The Morgan fingerprint density at radius 3 is 2.79 bits per heavy atom. The molecule has 0 saturated carbocycles. The molecule has 0 bridgehead atoms. The van der Waals surface area contributed by atoms with Gasteiger partial charge in [-0.2, -0.15) is 8.78 Å². The van der Waals surface area contributed by atoms with Crippen LogP contribution in [0.1, 0.15) is 22.8 Å². The van der Waals surface area contributed by atoms with Crippen LogP contribution in [0, 0.1) is 0 Å². The zero-order valence-electron chi connectivity index (χ0n) is 12.5. The van der Waals surface area contributed by atoms with Crippen molar-refractivity contribution in [3.63, 3.8) is 0 Å². The highest BCUT2D eigenvalue weighted by Gasteiger charge is 2.14. The van der Waals surface area contributed by atoms with E-state index in [1.807, 2.05) is 0 Å². The zero-order chi connectivity index (χ0) is 17.5. The number of nitrogens with one attached hydrogen (secondary N) is 1. The zero-order valence-corrected chi connectivity index (χ0v) is 13.3. The number of amides is 1. The quantitative estimate of drug-likeness (QED) is 0.818. The normalized spacial score (nSPS) is 10.5. The molecule has 7 nitrogen and oxygen atoms in total. The van der Waals surface area contributed by atoms with E-state index in [0.29, 0.717) is 18.1 Å². The average molecular weight is 359 g/mol. The summed E-state index contributed by atoms with van der Waals surface area (Å²) in [6.45, 7) is -0.712. The van der Waals surface area contributed by atoms with E-state index in [1.165, 1.54) is 18.6 Å². The summed E-state index contributed by atoms with van der Waals surface area (Å²) >= 11 is 5.76. The first-order valence-electron chi connectivity index (χ1n) is 6.81. The van der Waals surface area contributed by atoms with Crippen LogP contribution in [0.2, 0.25) is 5.02 Å². The molecule has 2 aromatic heterocycles. The SMILES string of the molecule is CCOc1ncncc1CNC(=O)c1cnc(OC(F)F)c(Cl)c1. The highest BCUT2D eigenvalue weighted by atomic mass is 35.5. The van der Waals surface area contributed by atoms with Crippen molar-refractivity contribution in [2.75, 3.05) is 6.61 Å². The maximum absolute atomic E-state index is 12.1. The minimum atomic E-state index is -3.05. The number of halogens is 3. The predicted molar refractivity (Wildman–Crippen MR) is 80.3 cm³/mol. The summed E-state index contributed by atoms with van der Waals surface area (Å²) in [4.78, 5) is 23.5. The first kappa shape index (κ1) is 17.8. The van der Waals surface area contributed by atoms with Gasteiger partial charge >= 0.3 is 6.61 Å². The van der Waals surface area contributed by atoms with Crippen LogP contribution >= 0.6 is 11.6 Å². The fraction of sp³-hybridized carbons (Fsp3) is 0.286. The monoisotopic (exact) mass is 358 g/mol. The van der Waals surface area contributed by atoms with Gasteiger partial charge in [-0.05, 0) is 13.0 Å². The van der Waals surface area contributed by atoms with E-state index in [0.717, 1.165) is 6.20 Å². The molecule has 0 aliphatic heterocycles. The van der Waals surface area contributed by atoms with E-state index in [9.17, 15) is 13.6 Å². The lowest BCUT2D eigenvalue weighted by Crippen LogP contribution is -2.23. The fourth-order valence-electron chi connectivity index (χ4n) is 1.73. The van der Waals surface area contributed by atoms with Gasteiger partial charge < -0.3 is 14.8 Å². The Balaban J connectivity index is 2.04. The van der Waals surface area contributed by atoms with Gasteiger partial charge in [-0.25, -0.2) is 15.0 Å². The smallest absolute Gasteiger partial charge is 0.388 e. The molecule has 0 aliphatic carbocycles. The van der Waals surface area contributed by atoms with Crippen LogP contribution in [0.3, 0.4) is 0 Å². The largest absolute Gasteiger partial charge is 0.478 e. The first-order chi connectivity index (χ1) is 11.5. The summed E-state index contributed by atoms with van der Waals surface area (Å²) in [6, 6.07) is 1.19. The molecule has 0 radical (unpaired) electrons. The van der Waals surface area contributed by atoms with Crippen LogP contribution in [0.5, 0.6) is 11.8 Å². The van der Waals surface area contributed by atoms with Crippen molar-refractivity contribution in [2.45, 2.75) is 20.1 Å².